The minimum Gasteiger partial charge on any atom is -0.320 e. The van der Waals surface area contributed by atoms with Gasteiger partial charge in [-0.25, -0.2) is 10.4 Å². The molecule has 122 valence electrons. The number of carbonyl (C=O) groups is 1. The fourth-order valence-corrected chi connectivity index (χ4v) is 2.31. The molecule has 2 rings (SSSR count). The van der Waals surface area contributed by atoms with Crippen molar-refractivity contribution in [3.8, 4) is 0 Å². The van der Waals surface area contributed by atoms with Gasteiger partial charge in [-0.3, -0.25) is 4.79 Å². The van der Waals surface area contributed by atoms with E-state index in [-0.39, 0.29) is 11.8 Å². The average molecular weight is 333 g/mol. The molecule has 0 spiro atoms. The van der Waals surface area contributed by atoms with Gasteiger partial charge in [0.15, 0.2) is 0 Å². The molecule has 23 heavy (non-hydrogen) atoms. The van der Waals surface area contributed by atoms with Gasteiger partial charge in [0.05, 0.1) is 17.8 Å². The summed E-state index contributed by atoms with van der Waals surface area (Å²) >= 11 is 6.17. The van der Waals surface area contributed by atoms with Crippen molar-refractivity contribution >= 4 is 34.6 Å². The number of rotatable bonds is 5. The van der Waals surface area contributed by atoms with Gasteiger partial charge in [0.2, 0.25) is 0 Å². The standard InChI is InChI=1S/C17H21ClN4O/c1-4-11(3)15(19)17(23)22-20-9-13-8-12-6-5-10(2)7-14(12)21-16(13)18/h5-9,11,15H,4,19H2,1-3H3,(H,22,23)/b20-9-/t11-,15+/m1/s1. The Bertz CT molecular complexity index is 745. The zero-order valence-corrected chi connectivity index (χ0v) is 14.3. The van der Waals surface area contributed by atoms with Crippen LogP contribution in [-0.4, -0.2) is 23.1 Å². The number of carbonyl (C=O) groups excluding carboxylic acids is 1. The lowest BCUT2D eigenvalue weighted by molar-refractivity contribution is -0.123. The SMILES string of the molecule is CC[C@@H](C)[C@H](N)C(=O)N/N=C\c1cc2ccc(C)cc2nc1Cl. The molecule has 1 heterocycles. The van der Waals surface area contributed by atoms with E-state index >= 15 is 0 Å². The van der Waals surface area contributed by atoms with Crippen LogP contribution in [0.25, 0.3) is 10.9 Å². The van der Waals surface area contributed by atoms with Crippen LogP contribution in [0.1, 0.15) is 31.4 Å². The largest absolute Gasteiger partial charge is 0.320 e. The molecule has 0 aliphatic heterocycles. The number of halogens is 1. The lowest BCUT2D eigenvalue weighted by atomic mass is 10.00. The molecule has 2 aromatic rings. The van der Waals surface area contributed by atoms with Gasteiger partial charge in [0.1, 0.15) is 5.15 Å². The fraction of sp³-hybridized carbons (Fsp3) is 0.353. The predicted octanol–water partition coefficient (Wildman–Crippen LogP) is 3.02. The van der Waals surface area contributed by atoms with Gasteiger partial charge in [-0.1, -0.05) is 44.0 Å². The van der Waals surface area contributed by atoms with Crippen molar-refractivity contribution in [2.24, 2.45) is 16.8 Å². The smallest absolute Gasteiger partial charge is 0.257 e. The molecule has 0 radical (unpaired) electrons. The van der Waals surface area contributed by atoms with E-state index in [0.29, 0.717) is 10.7 Å². The number of nitrogens with zero attached hydrogens (tertiary/aromatic N) is 2. The van der Waals surface area contributed by atoms with E-state index in [1.54, 1.807) is 0 Å². The van der Waals surface area contributed by atoms with Crippen molar-refractivity contribution in [3.63, 3.8) is 0 Å². The second-order valence-corrected chi connectivity index (χ2v) is 6.07. The molecule has 0 aliphatic rings. The van der Waals surface area contributed by atoms with E-state index in [2.05, 4.69) is 15.5 Å². The zero-order valence-electron chi connectivity index (χ0n) is 13.5. The van der Waals surface area contributed by atoms with Crippen LogP contribution in [0, 0.1) is 12.8 Å². The number of hydrogen-bond acceptors (Lipinski definition) is 4. The quantitative estimate of drug-likeness (QED) is 0.501. The first-order valence-electron chi connectivity index (χ1n) is 7.57. The molecule has 6 heteroatoms. The van der Waals surface area contributed by atoms with Gasteiger partial charge >= 0.3 is 0 Å². The molecule has 0 bridgehead atoms. The minimum absolute atomic E-state index is 0.0966. The van der Waals surface area contributed by atoms with Gasteiger partial charge in [0, 0.05) is 10.9 Å². The molecule has 0 saturated carbocycles. The number of aryl methyl sites for hydroxylation is 1. The first kappa shape index (κ1) is 17.4. The first-order valence-corrected chi connectivity index (χ1v) is 7.95. The highest BCUT2D eigenvalue weighted by Crippen LogP contribution is 2.20. The summed E-state index contributed by atoms with van der Waals surface area (Å²) in [5.41, 5.74) is 10.9. The second kappa shape index (κ2) is 7.53. The number of pyridine rings is 1. The van der Waals surface area contributed by atoms with Crippen molar-refractivity contribution in [1.29, 1.82) is 0 Å². The molecule has 0 fully saturated rings. The molecule has 5 nitrogen and oxygen atoms in total. The number of nitrogens with two attached hydrogens (primary N) is 1. The molecule has 0 unspecified atom stereocenters. The Morgan fingerprint density at radius 1 is 1.48 bits per heavy atom. The van der Waals surface area contributed by atoms with Crippen molar-refractivity contribution < 1.29 is 4.79 Å². The van der Waals surface area contributed by atoms with Crippen molar-refractivity contribution in [1.82, 2.24) is 10.4 Å². The van der Waals surface area contributed by atoms with E-state index in [1.165, 1.54) is 6.21 Å². The molecule has 1 aromatic heterocycles. The molecular formula is C17H21ClN4O. The van der Waals surface area contributed by atoms with Crippen LogP contribution in [0.15, 0.2) is 29.4 Å². The summed E-state index contributed by atoms with van der Waals surface area (Å²) in [7, 11) is 0. The summed E-state index contributed by atoms with van der Waals surface area (Å²) in [6, 6.07) is 7.25. The summed E-state index contributed by atoms with van der Waals surface area (Å²) in [5.74, 6) is -0.213. The molecule has 2 atom stereocenters. The van der Waals surface area contributed by atoms with Crippen LogP contribution in [0.3, 0.4) is 0 Å². The van der Waals surface area contributed by atoms with Crippen LogP contribution >= 0.6 is 11.6 Å². The average Bonchev–Trinajstić information content (AvgIpc) is 2.53. The van der Waals surface area contributed by atoms with Crippen LogP contribution in [-0.2, 0) is 4.79 Å². The summed E-state index contributed by atoms with van der Waals surface area (Å²) < 4.78 is 0. The van der Waals surface area contributed by atoms with E-state index in [4.69, 9.17) is 17.3 Å². The van der Waals surface area contributed by atoms with E-state index < -0.39 is 6.04 Å². The Kier molecular flexibility index (Phi) is 5.69. The van der Waals surface area contributed by atoms with Crippen LogP contribution < -0.4 is 11.2 Å². The number of hydrazone groups is 1. The third-order valence-electron chi connectivity index (χ3n) is 3.89. The van der Waals surface area contributed by atoms with Crippen molar-refractivity contribution in [3.05, 3.63) is 40.5 Å². The molecule has 1 aromatic carbocycles. The Morgan fingerprint density at radius 2 is 2.22 bits per heavy atom. The number of amides is 1. The fourth-order valence-electron chi connectivity index (χ4n) is 2.11. The number of fused-ring (bicyclic) bond motifs is 1. The summed E-state index contributed by atoms with van der Waals surface area (Å²) in [6.07, 6.45) is 2.31. The Labute approximate surface area is 140 Å². The normalized spacial score (nSPS) is 14.1. The molecule has 0 aliphatic carbocycles. The highest BCUT2D eigenvalue weighted by atomic mass is 35.5. The second-order valence-electron chi connectivity index (χ2n) is 5.71. The minimum atomic E-state index is -0.578. The zero-order chi connectivity index (χ0) is 17.0. The number of hydrogen-bond donors (Lipinski definition) is 2. The summed E-state index contributed by atoms with van der Waals surface area (Å²) in [5, 5.41) is 5.24. The maximum Gasteiger partial charge on any atom is 0.257 e. The number of nitrogens with one attached hydrogen (secondary N) is 1. The summed E-state index contributed by atoms with van der Waals surface area (Å²) in [6.45, 7) is 5.92. The van der Waals surface area contributed by atoms with Gasteiger partial charge in [-0.05, 0) is 30.5 Å². The highest BCUT2D eigenvalue weighted by Gasteiger charge is 2.18. The highest BCUT2D eigenvalue weighted by molar-refractivity contribution is 6.32. The monoisotopic (exact) mass is 332 g/mol. The van der Waals surface area contributed by atoms with Gasteiger partial charge in [-0.2, -0.15) is 5.10 Å². The number of benzene rings is 1. The lowest BCUT2D eigenvalue weighted by Gasteiger charge is -2.15. The Morgan fingerprint density at radius 3 is 2.91 bits per heavy atom. The van der Waals surface area contributed by atoms with Crippen LogP contribution in [0.2, 0.25) is 5.15 Å². The van der Waals surface area contributed by atoms with Crippen LogP contribution in [0.4, 0.5) is 0 Å². The van der Waals surface area contributed by atoms with E-state index in [1.807, 2.05) is 45.0 Å². The van der Waals surface area contributed by atoms with Gasteiger partial charge in [0.25, 0.3) is 5.91 Å². The van der Waals surface area contributed by atoms with Crippen molar-refractivity contribution in [2.45, 2.75) is 33.2 Å². The maximum atomic E-state index is 11.9. The van der Waals surface area contributed by atoms with Gasteiger partial charge in [-0.15, -0.1) is 0 Å². The third-order valence-corrected chi connectivity index (χ3v) is 4.19. The predicted molar refractivity (Wildman–Crippen MR) is 94.7 cm³/mol. The van der Waals surface area contributed by atoms with Gasteiger partial charge < -0.3 is 5.73 Å². The molecule has 0 saturated heterocycles. The Hall–Kier alpha value is -1.98. The van der Waals surface area contributed by atoms with E-state index in [9.17, 15) is 4.79 Å². The molecule has 3 N–H and O–H groups in total. The van der Waals surface area contributed by atoms with E-state index in [0.717, 1.165) is 22.9 Å². The maximum absolute atomic E-state index is 11.9. The van der Waals surface area contributed by atoms with Crippen LogP contribution in [0.5, 0.6) is 0 Å². The lowest BCUT2D eigenvalue weighted by Crippen LogP contribution is -2.42. The third kappa shape index (κ3) is 4.27. The first-order chi connectivity index (χ1) is 10.9. The van der Waals surface area contributed by atoms with Crippen molar-refractivity contribution in [2.75, 3.05) is 0 Å². The summed E-state index contributed by atoms with van der Waals surface area (Å²) in [4.78, 5) is 16.2. The molecular weight excluding hydrogens is 312 g/mol. The topological polar surface area (TPSA) is 80.4 Å². The number of aromatic nitrogens is 1. The molecule has 1 amide bonds. The Balaban J connectivity index is 2.13.